The first-order chi connectivity index (χ1) is 6.86. The predicted molar refractivity (Wildman–Crippen MR) is 56.1 cm³/mol. The molecule has 0 fully saturated rings. The van der Waals surface area contributed by atoms with Crippen LogP contribution >= 0.6 is 0 Å². The summed E-state index contributed by atoms with van der Waals surface area (Å²) in [6.45, 7) is 2.09. The highest BCUT2D eigenvalue weighted by Crippen LogP contribution is 2.40. The number of hydrogen-bond donors (Lipinski definition) is 0. The average Bonchev–Trinajstić information content (AvgIpc) is 2.61. The summed E-state index contributed by atoms with van der Waals surface area (Å²) in [6, 6.07) is 0. The molecule has 1 heterocycles. The quantitative estimate of drug-likeness (QED) is 0.574. The lowest BCUT2D eigenvalue weighted by atomic mass is 9.77. The Balaban J connectivity index is 1.96. The lowest BCUT2D eigenvalue weighted by Crippen LogP contribution is -2.29. The molecule has 0 bridgehead atoms. The monoisotopic (exact) mass is 189 g/mol. The Morgan fingerprint density at radius 1 is 1.43 bits per heavy atom. The minimum atomic E-state index is 0.246. The standard InChI is InChI=1S/C12H15NO/c1-8-10-7-6-9-4-2-3-5-11(9)12(10)14-13-8/h3,5,10,12H,2,4,6-7H2,1H3. The van der Waals surface area contributed by atoms with Gasteiger partial charge in [0.1, 0.15) is 0 Å². The molecule has 0 amide bonds. The van der Waals surface area contributed by atoms with Crippen molar-refractivity contribution in [3.8, 4) is 0 Å². The van der Waals surface area contributed by atoms with Crippen LogP contribution in [0.5, 0.6) is 0 Å². The maximum absolute atomic E-state index is 5.52. The molecule has 3 aliphatic rings. The molecule has 0 saturated heterocycles. The van der Waals surface area contributed by atoms with Crippen molar-refractivity contribution in [2.45, 2.75) is 38.7 Å². The van der Waals surface area contributed by atoms with Crippen molar-refractivity contribution >= 4 is 5.71 Å². The third-order valence-corrected chi connectivity index (χ3v) is 3.59. The minimum Gasteiger partial charge on any atom is -0.387 e. The van der Waals surface area contributed by atoms with Gasteiger partial charge in [0.05, 0.1) is 5.71 Å². The van der Waals surface area contributed by atoms with Gasteiger partial charge in [-0.3, -0.25) is 0 Å². The van der Waals surface area contributed by atoms with Crippen LogP contribution in [0.1, 0.15) is 32.6 Å². The van der Waals surface area contributed by atoms with E-state index >= 15 is 0 Å². The van der Waals surface area contributed by atoms with Crippen LogP contribution in [0.15, 0.2) is 28.5 Å². The molecule has 0 aromatic carbocycles. The van der Waals surface area contributed by atoms with Gasteiger partial charge in [0.25, 0.3) is 0 Å². The fourth-order valence-electron chi connectivity index (χ4n) is 2.76. The third kappa shape index (κ3) is 1.06. The van der Waals surface area contributed by atoms with Crippen molar-refractivity contribution in [3.63, 3.8) is 0 Å². The molecular formula is C12H15NO. The molecule has 1 aliphatic heterocycles. The van der Waals surface area contributed by atoms with Crippen LogP contribution in [-0.4, -0.2) is 11.8 Å². The van der Waals surface area contributed by atoms with Crippen LogP contribution in [0.3, 0.4) is 0 Å². The van der Waals surface area contributed by atoms with Crippen LogP contribution in [0.2, 0.25) is 0 Å². The molecule has 0 aromatic rings. The average molecular weight is 189 g/mol. The molecule has 14 heavy (non-hydrogen) atoms. The Morgan fingerprint density at radius 3 is 3.29 bits per heavy atom. The Labute approximate surface area is 84.3 Å². The van der Waals surface area contributed by atoms with Gasteiger partial charge in [0.15, 0.2) is 6.10 Å². The third-order valence-electron chi connectivity index (χ3n) is 3.59. The normalized spacial score (nSPS) is 34.8. The number of nitrogens with zero attached hydrogens (tertiary/aromatic N) is 1. The van der Waals surface area contributed by atoms with Crippen LogP contribution in [0, 0.1) is 5.92 Å². The maximum Gasteiger partial charge on any atom is 0.160 e. The van der Waals surface area contributed by atoms with Gasteiger partial charge in [-0.15, -0.1) is 0 Å². The van der Waals surface area contributed by atoms with Gasteiger partial charge in [-0.2, -0.15) is 0 Å². The summed E-state index contributed by atoms with van der Waals surface area (Å²) < 4.78 is 0. The van der Waals surface area contributed by atoms with Gasteiger partial charge in [-0.25, -0.2) is 0 Å². The second-order valence-electron chi connectivity index (χ2n) is 4.40. The van der Waals surface area contributed by atoms with Crippen LogP contribution < -0.4 is 0 Å². The Kier molecular flexibility index (Phi) is 1.76. The summed E-state index contributed by atoms with van der Waals surface area (Å²) in [6.07, 6.45) is 9.68. The van der Waals surface area contributed by atoms with Gasteiger partial charge >= 0.3 is 0 Å². The molecular weight excluding hydrogens is 174 g/mol. The number of hydrogen-bond acceptors (Lipinski definition) is 2. The van der Waals surface area contributed by atoms with Gasteiger partial charge in [0.2, 0.25) is 0 Å². The largest absolute Gasteiger partial charge is 0.387 e. The number of rotatable bonds is 0. The highest BCUT2D eigenvalue weighted by Gasteiger charge is 2.38. The van der Waals surface area contributed by atoms with Crippen LogP contribution in [-0.2, 0) is 4.84 Å². The SMILES string of the molecule is CC1=NOC2C3=C(CCC=C3)CCC12. The lowest BCUT2D eigenvalue weighted by molar-refractivity contribution is 0.0832. The number of fused-ring (bicyclic) bond motifs is 2. The van der Waals surface area contributed by atoms with E-state index in [0.29, 0.717) is 5.92 Å². The molecule has 0 spiro atoms. The molecule has 2 aliphatic carbocycles. The molecule has 74 valence electrons. The van der Waals surface area contributed by atoms with Crippen molar-refractivity contribution in [1.29, 1.82) is 0 Å². The number of oxime groups is 1. The first-order valence-electron chi connectivity index (χ1n) is 5.45. The van der Waals surface area contributed by atoms with Crippen molar-refractivity contribution in [3.05, 3.63) is 23.3 Å². The second kappa shape index (κ2) is 2.97. The lowest BCUT2D eigenvalue weighted by Gasteiger charge is -2.29. The van der Waals surface area contributed by atoms with E-state index in [9.17, 15) is 0 Å². The molecule has 0 aromatic heterocycles. The van der Waals surface area contributed by atoms with Crippen molar-refractivity contribution in [2.75, 3.05) is 0 Å². The van der Waals surface area contributed by atoms with E-state index in [1.165, 1.54) is 37.0 Å². The van der Waals surface area contributed by atoms with Gasteiger partial charge in [0, 0.05) is 5.92 Å². The van der Waals surface area contributed by atoms with Gasteiger partial charge in [-0.05, 0) is 38.2 Å². The van der Waals surface area contributed by atoms with E-state index in [2.05, 4.69) is 24.2 Å². The molecule has 0 radical (unpaired) electrons. The Morgan fingerprint density at radius 2 is 2.36 bits per heavy atom. The van der Waals surface area contributed by atoms with Crippen LogP contribution in [0.4, 0.5) is 0 Å². The van der Waals surface area contributed by atoms with Crippen LogP contribution in [0.25, 0.3) is 0 Å². The van der Waals surface area contributed by atoms with Gasteiger partial charge in [-0.1, -0.05) is 22.9 Å². The summed E-state index contributed by atoms with van der Waals surface area (Å²) in [7, 11) is 0. The zero-order valence-corrected chi connectivity index (χ0v) is 8.49. The van der Waals surface area contributed by atoms with E-state index in [0.717, 1.165) is 0 Å². The first-order valence-corrected chi connectivity index (χ1v) is 5.45. The number of allylic oxidation sites excluding steroid dienone is 2. The van der Waals surface area contributed by atoms with E-state index in [4.69, 9.17) is 4.84 Å². The minimum absolute atomic E-state index is 0.246. The second-order valence-corrected chi connectivity index (χ2v) is 4.40. The van der Waals surface area contributed by atoms with E-state index in [1.807, 2.05) is 0 Å². The zero-order valence-electron chi connectivity index (χ0n) is 8.49. The molecule has 2 heteroatoms. The summed E-state index contributed by atoms with van der Waals surface area (Å²) in [5.74, 6) is 0.552. The van der Waals surface area contributed by atoms with Crippen molar-refractivity contribution < 1.29 is 4.84 Å². The van der Waals surface area contributed by atoms with Crippen molar-refractivity contribution in [1.82, 2.24) is 0 Å². The topological polar surface area (TPSA) is 21.6 Å². The van der Waals surface area contributed by atoms with Gasteiger partial charge < -0.3 is 4.84 Å². The molecule has 2 unspecified atom stereocenters. The predicted octanol–water partition coefficient (Wildman–Crippen LogP) is 2.82. The van der Waals surface area contributed by atoms with Crippen molar-refractivity contribution in [2.24, 2.45) is 11.1 Å². The highest BCUT2D eigenvalue weighted by atomic mass is 16.6. The van der Waals surface area contributed by atoms with E-state index in [1.54, 1.807) is 5.57 Å². The maximum atomic E-state index is 5.52. The fourth-order valence-corrected chi connectivity index (χ4v) is 2.76. The summed E-state index contributed by atoms with van der Waals surface area (Å²) >= 11 is 0. The highest BCUT2D eigenvalue weighted by molar-refractivity contribution is 5.86. The molecule has 2 atom stereocenters. The zero-order chi connectivity index (χ0) is 9.54. The molecule has 2 nitrogen and oxygen atoms in total. The summed E-state index contributed by atoms with van der Waals surface area (Å²) in [5.41, 5.74) is 4.22. The molecule has 3 rings (SSSR count). The summed E-state index contributed by atoms with van der Waals surface area (Å²) in [4.78, 5) is 5.52. The first kappa shape index (κ1) is 8.27. The van der Waals surface area contributed by atoms with E-state index in [-0.39, 0.29) is 6.10 Å². The summed E-state index contributed by atoms with van der Waals surface area (Å²) in [5, 5.41) is 4.12. The smallest absolute Gasteiger partial charge is 0.160 e. The Hall–Kier alpha value is -1.05. The fraction of sp³-hybridized carbons (Fsp3) is 0.583. The van der Waals surface area contributed by atoms with E-state index < -0.39 is 0 Å². The Bertz CT molecular complexity index is 351. The molecule has 0 N–H and O–H groups in total. The molecule has 0 saturated carbocycles.